The number of esters is 1. The Labute approximate surface area is 350 Å². The predicted octanol–water partition coefficient (Wildman–Crippen LogP) is 4.73. The van der Waals surface area contributed by atoms with Gasteiger partial charge in [-0.1, -0.05) is 52.8 Å². The van der Waals surface area contributed by atoms with Crippen LogP contribution >= 0.6 is 0 Å². The number of carbonyl (C=O) groups excluding carboxylic acids is 3. The van der Waals surface area contributed by atoms with Gasteiger partial charge in [0, 0.05) is 87.3 Å². The van der Waals surface area contributed by atoms with E-state index in [1.165, 1.54) is 59.4 Å². The molecule has 0 aromatic heterocycles. The van der Waals surface area contributed by atoms with Crippen LogP contribution in [-0.2, 0) is 23.8 Å². The van der Waals surface area contributed by atoms with Gasteiger partial charge in [-0.15, -0.1) is 0 Å². The van der Waals surface area contributed by atoms with E-state index in [-0.39, 0.29) is 44.5 Å². The molecule has 4 heterocycles. The number of amides is 1. The first-order valence-electron chi connectivity index (χ1n) is 20.4. The largest absolute Gasteiger partial charge is 0.507 e. The van der Waals surface area contributed by atoms with Crippen molar-refractivity contribution in [3.8, 4) is 23.0 Å². The Balaban J connectivity index is 1.70. The van der Waals surface area contributed by atoms with Crippen molar-refractivity contribution in [1.29, 1.82) is 0 Å². The number of piperazine rings is 1. The molecular formula is C44H60N4O12. The topological polar surface area (TPSA) is 220 Å². The van der Waals surface area contributed by atoms with Gasteiger partial charge >= 0.3 is 11.8 Å². The number of rotatable bonds is 5. The average Bonchev–Trinajstić information content (AvgIpc) is 3.49. The Morgan fingerprint density at radius 2 is 1.63 bits per heavy atom. The van der Waals surface area contributed by atoms with E-state index in [4.69, 9.17) is 18.9 Å². The number of anilines is 1. The molecule has 60 heavy (non-hydrogen) atoms. The Morgan fingerprint density at radius 3 is 2.25 bits per heavy atom. The number of hydrogen-bond acceptors (Lipinski definition) is 15. The zero-order chi connectivity index (χ0) is 44.4. The Morgan fingerprint density at radius 1 is 0.967 bits per heavy atom. The number of nitrogens with one attached hydrogen (secondary N) is 1. The maximum Gasteiger partial charge on any atom is 0.312 e. The average molecular weight is 837 g/mol. The summed E-state index contributed by atoms with van der Waals surface area (Å²) in [6, 6.07) is 0. The van der Waals surface area contributed by atoms with Crippen molar-refractivity contribution < 1.29 is 58.9 Å². The van der Waals surface area contributed by atoms with E-state index in [0.29, 0.717) is 13.1 Å². The first kappa shape index (κ1) is 45.9. The first-order chi connectivity index (χ1) is 28.3. The molecule has 6 N–H and O–H groups in total. The van der Waals surface area contributed by atoms with Crippen LogP contribution in [0.3, 0.4) is 0 Å². The highest BCUT2D eigenvalue weighted by Gasteiger charge is 2.50. The number of aromatic hydroxyl groups is 3. The van der Waals surface area contributed by atoms with Gasteiger partial charge in [-0.3, -0.25) is 24.3 Å². The molecule has 4 aliphatic rings. The molecule has 1 amide bonds. The van der Waals surface area contributed by atoms with Crippen molar-refractivity contribution in [3.05, 3.63) is 52.8 Å². The number of hydrazone groups is 1. The zero-order valence-electron chi connectivity index (χ0n) is 36.1. The zero-order valence-corrected chi connectivity index (χ0v) is 36.1. The lowest BCUT2D eigenvalue weighted by Crippen LogP contribution is -2.46. The molecule has 16 heteroatoms. The second-order valence-corrected chi connectivity index (χ2v) is 16.3. The number of aliphatic hydroxyl groups excluding tert-OH is 2. The van der Waals surface area contributed by atoms with E-state index < -0.39 is 88.8 Å². The number of aliphatic hydroxyl groups is 2. The molecule has 9 atom stereocenters. The van der Waals surface area contributed by atoms with Gasteiger partial charge in [-0.05, 0) is 26.5 Å². The number of ketones is 1. The van der Waals surface area contributed by atoms with Gasteiger partial charge in [0.05, 0.1) is 53.0 Å². The van der Waals surface area contributed by atoms with Gasteiger partial charge in [0.1, 0.15) is 23.4 Å². The second-order valence-electron chi connectivity index (χ2n) is 16.3. The molecule has 16 nitrogen and oxygen atoms in total. The number of carbonyl (C=O) groups is 3. The van der Waals surface area contributed by atoms with E-state index in [2.05, 4.69) is 22.2 Å². The number of ether oxygens (including phenoxy) is 4. The SMILES string of the molecule is CCN1CCN(/N=C\c2c3c(O)c4c(O)c(C)c5c(c4c2O)C(=O)C(C)(O/C=C/C(OC)C(C)C(OC(C)=O)C(C)C(O)C(C)C(O)C(C)/C=C/C=C(\C)C(=O)N3)O5)CC1. The summed E-state index contributed by atoms with van der Waals surface area (Å²) in [5.41, 5.74) is -0.339. The number of hydrogen-bond donors (Lipinski definition) is 6. The lowest BCUT2D eigenvalue weighted by molar-refractivity contribution is -0.160. The van der Waals surface area contributed by atoms with Crippen molar-refractivity contribution >= 4 is 40.3 Å². The summed E-state index contributed by atoms with van der Waals surface area (Å²) in [4.78, 5) is 42.8. The summed E-state index contributed by atoms with van der Waals surface area (Å²) in [6.07, 6.45) is 4.88. The summed E-state index contributed by atoms with van der Waals surface area (Å²) in [6.45, 7) is 18.1. The quantitative estimate of drug-likeness (QED) is 0.104. The second kappa shape index (κ2) is 18.6. The fourth-order valence-corrected chi connectivity index (χ4v) is 8.18. The van der Waals surface area contributed by atoms with Crippen molar-refractivity contribution in [3.63, 3.8) is 0 Å². The highest BCUT2D eigenvalue weighted by molar-refractivity contribution is 6.23. The molecule has 0 spiro atoms. The van der Waals surface area contributed by atoms with Crippen LogP contribution in [0.5, 0.6) is 23.0 Å². The Hall–Kier alpha value is -5.16. The lowest BCUT2D eigenvalue weighted by atomic mass is 9.78. The maximum atomic E-state index is 14.5. The van der Waals surface area contributed by atoms with E-state index >= 15 is 0 Å². The van der Waals surface area contributed by atoms with Gasteiger partial charge in [0.25, 0.3) is 11.7 Å². The summed E-state index contributed by atoms with van der Waals surface area (Å²) < 4.78 is 23.6. The third kappa shape index (κ3) is 8.97. The number of fused-ring (bicyclic) bond motifs is 14. The van der Waals surface area contributed by atoms with Crippen LogP contribution in [-0.4, -0.2) is 129 Å². The number of benzene rings is 2. The number of methoxy groups -OCH3 is 1. The minimum Gasteiger partial charge on any atom is -0.507 e. The fraction of sp³-hybridized carbons (Fsp3) is 0.545. The van der Waals surface area contributed by atoms with E-state index in [1.807, 2.05) is 0 Å². The number of likely N-dealkylation sites (N-methyl/N-ethyl adjacent to an activating group) is 1. The minimum absolute atomic E-state index is 0.0572. The van der Waals surface area contributed by atoms with Crippen molar-refractivity contribution in [2.75, 3.05) is 45.2 Å². The molecule has 5 bridgehead atoms. The Bertz CT molecular complexity index is 2090. The molecule has 1 saturated heterocycles. The lowest BCUT2D eigenvalue weighted by Gasteiger charge is -2.38. The van der Waals surface area contributed by atoms with Crippen LogP contribution < -0.4 is 10.1 Å². The summed E-state index contributed by atoms with van der Waals surface area (Å²) in [5, 5.41) is 67.0. The van der Waals surface area contributed by atoms with Gasteiger partial charge in [0.15, 0.2) is 5.75 Å². The summed E-state index contributed by atoms with van der Waals surface area (Å²) in [7, 11) is 1.44. The van der Waals surface area contributed by atoms with Crippen LogP contribution in [0.25, 0.3) is 10.8 Å². The maximum absolute atomic E-state index is 14.5. The fourth-order valence-electron chi connectivity index (χ4n) is 8.18. The summed E-state index contributed by atoms with van der Waals surface area (Å²) in [5.74, 6) is -8.33. The van der Waals surface area contributed by atoms with Crippen LogP contribution in [0.1, 0.15) is 76.9 Å². The molecule has 328 valence electrons. The van der Waals surface area contributed by atoms with Gasteiger partial charge < -0.3 is 49.8 Å². The first-order valence-corrected chi connectivity index (χ1v) is 20.4. The Kier molecular flexibility index (Phi) is 14.3. The van der Waals surface area contributed by atoms with E-state index in [1.54, 1.807) is 44.9 Å². The van der Waals surface area contributed by atoms with Crippen LogP contribution in [0.2, 0.25) is 0 Å². The molecule has 2 aromatic carbocycles. The minimum atomic E-state index is -2.04. The van der Waals surface area contributed by atoms with Crippen molar-refractivity contribution in [2.24, 2.45) is 28.8 Å². The predicted molar refractivity (Wildman–Crippen MR) is 225 cm³/mol. The van der Waals surface area contributed by atoms with Crippen LogP contribution in [0, 0.1) is 30.6 Å². The molecule has 9 unspecified atom stereocenters. The molecule has 6 rings (SSSR count). The van der Waals surface area contributed by atoms with Crippen LogP contribution in [0.4, 0.5) is 5.69 Å². The molecule has 0 aliphatic carbocycles. The monoisotopic (exact) mass is 836 g/mol. The highest BCUT2D eigenvalue weighted by atomic mass is 16.7. The van der Waals surface area contributed by atoms with Gasteiger partial charge in [-0.25, -0.2) is 0 Å². The normalized spacial score (nSPS) is 31.7. The van der Waals surface area contributed by atoms with Crippen molar-refractivity contribution in [2.45, 2.75) is 92.5 Å². The van der Waals surface area contributed by atoms with Crippen LogP contribution in [0.15, 0.2) is 41.2 Å². The molecule has 4 aliphatic heterocycles. The number of phenolic OH excluding ortho intramolecular Hbond substituents is 3. The number of nitrogens with zero attached hydrogens (tertiary/aromatic N) is 3. The molecule has 0 saturated carbocycles. The van der Waals surface area contributed by atoms with Crippen molar-refractivity contribution in [1.82, 2.24) is 9.91 Å². The third-order valence-electron chi connectivity index (χ3n) is 12.2. The number of phenols is 3. The van der Waals surface area contributed by atoms with Gasteiger partial charge in [0.2, 0.25) is 0 Å². The van der Waals surface area contributed by atoms with E-state index in [0.717, 1.165) is 19.6 Å². The standard InChI is InChI=1S/C44H60N4O12/c1-11-47-16-18-48(19-17-47)45-21-29-34-39(54)32-31(38(29)53)33-41(27(7)37(32)52)60-44(9,42(33)55)58-20-15-30(57-10)24(4)40(59-28(8)49)26(6)36(51)25(5)35(50)22(2)13-12-14-23(3)43(56)46-34/h12-15,20-22,24-26,30,35-36,40,50-54H,11,16-19H2,1-10H3,(H,46,56)/b13-12+,20-15+,23-14+,45-21-. The highest BCUT2D eigenvalue weighted by Crippen LogP contribution is 2.55. The number of Topliss-reactive ketones (excluding diaryl/α,β-unsaturated/α-hetero) is 1. The van der Waals surface area contributed by atoms with E-state index in [9.17, 15) is 39.9 Å². The molecule has 2 aromatic rings. The summed E-state index contributed by atoms with van der Waals surface area (Å²) >= 11 is 0. The molecule has 0 radical (unpaired) electrons. The number of allylic oxidation sites excluding steroid dienone is 2. The smallest absolute Gasteiger partial charge is 0.312 e. The molecular weight excluding hydrogens is 776 g/mol. The third-order valence-corrected chi connectivity index (χ3v) is 12.2. The van der Waals surface area contributed by atoms with Gasteiger partial charge in [-0.2, -0.15) is 5.10 Å². The molecule has 1 fully saturated rings.